The summed E-state index contributed by atoms with van der Waals surface area (Å²) < 4.78 is 42.8. The molecule has 1 aliphatic carbocycles. The fourth-order valence-electron chi connectivity index (χ4n) is 4.56. The molecule has 3 aliphatic rings. The lowest BCUT2D eigenvalue weighted by molar-refractivity contribution is -0.220. The molecule has 14 heteroatoms. The number of halogens is 1. The highest BCUT2D eigenvalue weighted by molar-refractivity contribution is 5.88. The van der Waals surface area contributed by atoms with Gasteiger partial charge in [-0.2, -0.15) is 0 Å². The van der Waals surface area contributed by atoms with Crippen LogP contribution in [0.4, 0.5) is 9.18 Å². The summed E-state index contributed by atoms with van der Waals surface area (Å²) in [6, 6.07) is 3.90. The molecule has 0 radical (unpaired) electrons. The van der Waals surface area contributed by atoms with Crippen molar-refractivity contribution < 1.29 is 42.5 Å². The van der Waals surface area contributed by atoms with Crippen LogP contribution in [0.2, 0.25) is 0 Å². The first kappa shape index (κ1) is 24.6. The van der Waals surface area contributed by atoms with Crippen molar-refractivity contribution in [1.82, 2.24) is 14.1 Å². The number of nitrogens with zero attached hydrogens (tertiary/aromatic N) is 3. The van der Waals surface area contributed by atoms with Crippen LogP contribution in [0.3, 0.4) is 0 Å². The summed E-state index contributed by atoms with van der Waals surface area (Å²) in [4.78, 5) is 65.5. The molecule has 0 unspecified atom stereocenters. The van der Waals surface area contributed by atoms with Crippen molar-refractivity contribution in [1.29, 1.82) is 0 Å². The molecular formula is C23H22FN3O10. The minimum Gasteiger partial charge on any atom is -0.459 e. The SMILES string of the molecule is O=C1O[C@H]2[C@H](n3ccc(=O)n(COC(=O)c4cccnc4)c3=O)O[C@](F)(COC(=O)C3CCCC3)[C@H]2O1. The molecule has 2 aromatic heterocycles. The van der Waals surface area contributed by atoms with E-state index in [0.717, 1.165) is 29.7 Å². The second kappa shape index (κ2) is 9.76. The zero-order valence-electron chi connectivity index (χ0n) is 19.3. The van der Waals surface area contributed by atoms with Gasteiger partial charge in [-0.15, -0.1) is 0 Å². The molecule has 37 heavy (non-hydrogen) atoms. The Kier molecular flexibility index (Phi) is 6.50. The predicted octanol–water partition coefficient (Wildman–Crippen LogP) is 1.05. The number of esters is 2. The van der Waals surface area contributed by atoms with E-state index in [-0.39, 0.29) is 11.5 Å². The van der Waals surface area contributed by atoms with Gasteiger partial charge in [0.05, 0.1) is 11.5 Å². The van der Waals surface area contributed by atoms with Gasteiger partial charge in [0.15, 0.2) is 25.7 Å². The predicted molar refractivity (Wildman–Crippen MR) is 117 cm³/mol. The molecular weight excluding hydrogens is 497 g/mol. The summed E-state index contributed by atoms with van der Waals surface area (Å²) in [6.45, 7) is -1.66. The van der Waals surface area contributed by atoms with E-state index in [9.17, 15) is 24.0 Å². The Hall–Kier alpha value is -4.07. The van der Waals surface area contributed by atoms with E-state index in [1.165, 1.54) is 24.5 Å². The molecule has 2 aliphatic heterocycles. The molecule has 4 atom stereocenters. The molecule has 0 aromatic carbocycles. The van der Waals surface area contributed by atoms with Crippen LogP contribution in [0.15, 0.2) is 46.4 Å². The molecule has 2 saturated heterocycles. The highest BCUT2D eigenvalue weighted by Gasteiger charge is 2.65. The number of aromatic nitrogens is 3. The standard InChI is InChI=1S/C23H22FN3O10/c24-23(11-33-19(29)13-4-1-2-5-13)17-16(35-22(32)36-17)18(37-23)26-9-7-15(28)27(21(26)31)12-34-20(30)14-6-3-8-25-10-14/h3,6-10,13,16-18H,1-2,4-5,11-12H2/t16-,17+,18-,23-/m1/s1. The smallest absolute Gasteiger partial charge is 0.459 e. The molecule has 196 valence electrons. The van der Waals surface area contributed by atoms with Crippen LogP contribution in [-0.2, 0) is 35.2 Å². The quantitative estimate of drug-likeness (QED) is 0.381. The molecule has 13 nitrogen and oxygen atoms in total. The van der Waals surface area contributed by atoms with Crippen LogP contribution in [0.25, 0.3) is 0 Å². The number of alkyl halides is 1. The Morgan fingerprint density at radius 3 is 2.65 bits per heavy atom. The van der Waals surface area contributed by atoms with E-state index in [2.05, 4.69) is 4.98 Å². The molecule has 0 amide bonds. The van der Waals surface area contributed by atoms with Gasteiger partial charge >= 0.3 is 23.8 Å². The fraction of sp³-hybridized carbons (Fsp3) is 0.478. The minimum absolute atomic E-state index is 0.0955. The third kappa shape index (κ3) is 4.71. The lowest BCUT2D eigenvalue weighted by Gasteiger charge is -2.24. The number of rotatable bonds is 7. The van der Waals surface area contributed by atoms with Gasteiger partial charge in [0, 0.05) is 24.7 Å². The first-order chi connectivity index (χ1) is 17.8. The van der Waals surface area contributed by atoms with Gasteiger partial charge in [0.2, 0.25) is 6.10 Å². The second-order valence-corrected chi connectivity index (χ2v) is 8.83. The highest BCUT2D eigenvalue weighted by atomic mass is 19.2. The average Bonchev–Trinajstić information content (AvgIpc) is 3.62. The van der Waals surface area contributed by atoms with Gasteiger partial charge in [-0.25, -0.2) is 23.3 Å². The molecule has 5 rings (SSSR count). The van der Waals surface area contributed by atoms with E-state index in [4.69, 9.17) is 23.7 Å². The highest BCUT2D eigenvalue weighted by Crippen LogP contribution is 2.45. The maximum absolute atomic E-state index is 15.9. The number of hydrogen-bond donors (Lipinski definition) is 0. The Labute approximate surface area is 207 Å². The number of hydrogen-bond acceptors (Lipinski definition) is 11. The second-order valence-electron chi connectivity index (χ2n) is 8.83. The van der Waals surface area contributed by atoms with E-state index >= 15 is 4.39 Å². The number of carbonyl (C=O) groups excluding carboxylic acids is 3. The Balaban J connectivity index is 1.36. The largest absolute Gasteiger partial charge is 0.509 e. The van der Waals surface area contributed by atoms with E-state index < -0.39 is 67.0 Å². The Bertz CT molecular complexity index is 1320. The monoisotopic (exact) mass is 519 g/mol. The van der Waals surface area contributed by atoms with Crippen molar-refractivity contribution in [3.05, 3.63) is 63.2 Å². The summed E-state index contributed by atoms with van der Waals surface area (Å²) >= 11 is 0. The first-order valence-corrected chi connectivity index (χ1v) is 11.6. The van der Waals surface area contributed by atoms with Crippen molar-refractivity contribution >= 4 is 18.1 Å². The Morgan fingerprint density at radius 1 is 1.14 bits per heavy atom. The summed E-state index contributed by atoms with van der Waals surface area (Å²) in [5, 5.41) is 0. The van der Waals surface area contributed by atoms with E-state index in [0.29, 0.717) is 17.4 Å². The summed E-state index contributed by atoms with van der Waals surface area (Å²) in [5.41, 5.74) is -1.75. The zero-order chi connectivity index (χ0) is 26.2. The van der Waals surface area contributed by atoms with Gasteiger partial charge in [-0.1, -0.05) is 12.8 Å². The van der Waals surface area contributed by atoms with E-state index in [1.807, 2.05) is 0 Å². The maximum Gasteiger partial charge on any atom is 0.509 e. The third-order valence-corrected chi connectivity index (χ3v) is 6.47. The number of carbonyl (C=O) groups is 3. The topological polar surface area (TPSA) is 154 Å². The van der Waals surface area contributed by atoms with Crippen molar-refractivity contribution in [2.45, 2.75) is 56.7 Å². The minimum atomic E-state index is -2.82. The van der Waals surface area contributed by atoms with Crippen molar-refractivity contribution in [2.75, 3.05) is 6.61 Å². The molecule has 0 spiro atoms. The summed E-state index contributed by atoms with van der Waals surface area (Å²) in [7, 11) is 0. The lowest BCUT2D eigenvalue weighted by Crippen LogP contribution is -2.43. The van der Waals surface area contributed by atoms with Crippen LogP contribution < -0.4 is 11.2 Å². The normalized spacial score (nSPS) is 26.8. The van der Waals surface area contributed by atoms with Crippen LogP contribution in [-0.4, -0.2) is 56.9 Å². The van der Waals surface area contributed by atoms with Gasteiger partial charge in [0.25, 0.3) is 11.4 Å². The van der Waals surface area contributed by atoms with Crippen LogP contribution >= 0.6 is 0 Å². The molecule has 4 heterocycles. The summed E-state index contributed by atoms with van der Waals surface area (Å²) in [5.74, 6) is -4.59. The maximum atomic E-state index is 15.9. The molecule has 1 saturated carbocycles. The number of ether oxygens (including phenoxy) is 5. The van der Waals surface area contributed by atoms with Crippen LogP contribution in [0.5, 0.6) is 0 Å². The van der Waals surface area contributed by atoms with Crippen molar-refractivity contribution in [2.24, 2.45) is 5.92 Å². The van der Waals surface area contributed by atoms with Crippen LogP contribution in [0, 0.1) is 5.92 Å². The van der Waals surface area contributed by atoms with E-state index in [1.54, 1.807) is 0 Å². The number of pyridine rings is 1. The van der Waals surface area contributed by atoms with Crippen molar-refractivity contribution in [3.8, 4) is 0 Å². The van der Waals surface area contributed by atoms with Gasteiger partial charge < -0.3 is 23.7 Å². The summed E-state index contributed by atoms with van der Waals surface area (Å²) in [6.07, 6.45) is 0.885. The zero-order valence-corrected chi connectivity index (χ0v) is 19.3. The first-order valence-electron chi connectivity index (χ1n) is 11.6. The molecule has 3 fully saturated rings. The average molecular weight is 519 g/mol. The third-order valence-electron chi connectivity index (χ3n) is 6.47. The van der Waals surface area contributed by atoms with Gasteiger partial charge in [-0.05, 0) is 25.0 Å². The van der Waals surface area contributed by atoms with Gasteiger partial charge in [-0.3, -0.25) is 19.1 Å². The molecule has 2 aromatic rings. The fourth-order valence-corrected chi connectivity index (χ4v) is 4.56. The van der Waals surface area contributed by atoms with Gasteiger partial charge in [0.1, 0.15) is 0 Å². The lowest BCUT2D eigenvalue weighted by atomic mass is 10.1. The van der Waals surface area contributed by atoms with Crippen molar-refractivity contribution in [3.63, 3.8) is 0 Å². The molecule has 0 N–H and O–H groups in total. The van der Waals surface area contributed by atoms with Crippen LogP contribution in [0.1, 0.15) is 42.3 Å². The number of fused-ring (bicyclic) bond motifs is 1. The Morgan fingerprint density at radius 2 is 1.92 bits per heavy atom. The molecule has 0 bridgehead atoms.